The average Bonchev–Trinajstić information content (AvgIpc) is 2.64. The molecular weight excluding hydrogens is 298 g/mol. The molecule has 0 saturated carbocycles. The minimum Gasteiger partial charge on any atom is -0.322 e. The van der Waals surface area contributed by atoms with Crippen molar-refractivity contribution in [3.8, 4) is 0 Å². The predicted molar refractivity (Wildman–Crippen MR) is 98.1 cm³/mol. The number of carbonyl (C=O) groups excluding carboxylic acids is 1. The normalized spacial score (nSPS) is 15.3. The van der Waals surface area contributed by atoms with Gasteiger partial charge in [-0.3, -0.25) is 4.90 Å². The van der Waals surface area contributed by atoms with E-state index in [9.17, 15) is 4.79 Å². The van der Waals surface area contributed by atoms with E-state index in [-0.39, 0.29) is 6.03 Å². The van der Waals surface area contributed by atoms with Crippen molar-refractivity contribution in [1.29, 1.82) is 0 Å². The largest absolute Gasteiger partial charge is 0.322 e. The summed E-state index contributed by atoms with van der Waals surface area (Å²) in [4.78, 5) is 16.6. The number of benzene rings is 2. The first kappa shape index (κ1) is 16.5. The number of hydrogen-bond acceptors (Lipinski definition) is 2. The molecule has 0 radical (unpaired) electrons. The van der Waals surface area contributed by atoms with Crippen molar-refractivity contribution >= 4 is 11.7 Å². The molecule has 4 heteroatoms. The zero-order chi connectivity index (χ0) is 16.8. The summed E-state index contributed by atoms with van der Waals surface area (Å²) < 4.78 is 0. The molecule has 0 bridgehead atoms. The van der Waals surface area contributed by atoms with Gasteiger partial charge in [-0.1, -0.05) is 49.4 Å². The Bertz CT molecular complexity index is 646. The summed E-state index contributed by atoms with van der Waals surface area (Å²) in [6, 6.07) is 18.5. The van der Waals surface area contributed by atoms with Gasteiger partial charge >= 0.3 is 6.03 Å². The van der Waals surface area contributed by atoms with E-state index in [2.05, 4.69) is 41.4 Å². The van der Waals surface area contributed by atoms with E-state index >= 15 is 0 Å². The first-order chi connectivity index (χ1) is 11.7. The lowest BCUT2D eigenvalue weighted by molar-refractivity contribution is 0.143. The molecule has 1 heterocycles. The quantitative estimate of drug-likeness (QED) is 0.933. The van der Waals surface area contributed by atoms with Crippen LogP contribution in [0.15, 0.2) is 54.6 Å². The van der Waals surface area contributed by atoms with Crippen LogP contribution in [-0.4, -0.2) is 42.0 Å². The number of amides is 2. The molecule has 2 amide bonds. The molecule has 3 rings (SSSR count). The molecule has 1 fully saturated rings. The molecule has 0 aliphatic carbocycles. The van der Waals surface area contributed by atoms with E-state index in [0.717, 1.165) is 44.8 Å². The van der Waals surface area contributed by atoms with Gasteiger partial charge in [-0.25, -0.2) is 4.79 Å². The van der Waals surface area contributed by atoms with E-state index in [4.69, 9.17) is 0 Å². The molecule has 2 aromatic rings. The Kier molecular flexibility index (Phi) is 5.49. The van der Waals surface area contributed by atoms with Gasteiger partial charge in [0.25, 0.3) is 0 Å². The fourth-order valence-electron chi connectivity index (χ4n) is 2.97. The highest BCUT2D eigenvalue weighted by Gasteiger charge is 2.21. The van der Waals surface area contributed by atoms with Gasteiger partial charge < -0.3 is 10.2 Å². The Hall–Kier alpha value is -2.33. The minimum absolute atomic E-state index is 0.00634. The Morgan fingerprint density at radius 2 is 1.54 bits per heavy atom. The number of carbonyl (C=O) groups is 1. The minimum atomic E-state index is -0.00634. The predicted octanol–water partition coefficient (Wildman–Crippen LogP) is 3.60. The Morgan fingerprint density at radius 3 is 2.17 bits per heavy atom. The maximum atomic E-state index is 12.3. The van der Waals surface area contributed by atoms with Crippen LogP contribution in [0.2, 0.25) is 0 Å². The molecule has 1 aliphatic rings. The van der Waals surface area contributed by atoms with Crippen LogP contribution in [0.25, 0.3) is 0 Å². The summed E-state index contributed by atoms with van der Waals surface area (Å²) in [5, 5.41) is 2.96. The number of piperazine rings is 1. The molecule has 1 N–H and O–H groups in total. The molecular formula is C20H25N3O. The number of hydrogen-bond donors (Lipinski definition) is 1. The van der Waals surface area contributed by atoms with Gasteiger partial charge in [-0.15, -0.1) is 0 Å². The van der Waals surface area contributed by atoms with Crippen molar-refractivity contribution in [2.24, 2.45) is 0 Å². The van der Waals surface area contributed by atoms with E-state index in [1.54, 1.807) is 0 Å². The smallest absolute Gasteiger partial charge is 0.321 e. The molecule has 0 spiro atoms. The van der Waals surface area contributed by atoms with Gasteiger partial charge in [-0.05, 0) is 29.7 Å². The second-order valence-electron chi connectivity index (χ2n) is 6.23. The van der Waals surface area contributed by atoms with Gasteiger partial charge in [0.15, 0.2) is 0 Å². The summed E-state index contributed by atoms with van der Waals surface area (Å²) in [5.74, 6) is 0. The van der Waals surface area contributed by atoms with Gasteiger partial charge in [0.2, 0.25) is 0 Å². The number of anilines is 1. The summed E-state index contributed by atoms with van der Waals surface area (Å²) in [7, 11) is 0. The zero-order valence-electron chi connectivity index (χ0n) is 14.2. The first-order valence-corrected chi connectivity index (χ1v) is 8.66. The number of nitrogens with one attached hydrogen (secondary N) is 1. The maximum absolute atomic E-state index is 12.3. The first-order valence-electron chi connectivity index (χ1n) is 8.66. The molecule has 4 nitrogen and oxygen atoms in total. The van der Waals surface area contributed by atoms with E-state index < -0.39 is 0 Å². The monoisotopic (exact) mass is 323 g/mol. The SMILES string of the molecule is CCc1ccc(CN2CCN(C(=O)Nc3ccccc3)CC2)cc1. The van der Waals surface area contributed by atoms with Crippen LogP contribution in [0.5, 0.6) is 0 Å². The highest BCUT2D eigenvalue weighted by molar-refractivity contribution is 5.89. The van der Waals surface area contributed by atoms with Crippen molar-refractivity contribution in [1.82, 2.24) is 9.80 Å². The fourth-order valence-corrected chi connectivity index (χ4v) is 2.97. The van der Waals surface area contributed by atoms with Gasteiger partial charge in [-0.2, -0.15) is 0 Å². The summed E-state index contributed by atoms with van der Waals surface area (Å²) in [6.07, 6.45) is 1.08. The zero-order valence-corrected chi connectivity index (χ0v) is 14.2. The number of nitrogens with zero attached hydrogens (tertiary/aromatic N) is 2. The highest BCUT2D eigenvalue weighted by Crippen LogP contribution is 2.12. The van der Waals surface area contributed by atoms with Crippen LogP contribution in [0.3, 0.4) is 0 Å². The van der Waals surface area contributed by atoms with Crippen LogP contribution < -0.4 is 5.32 Å². The third kappa shape index (κ3) is 4.36. The molecule has 1 saturated heterocycles. The lowest BCUT2D eigenvalue weighted by Gasteiger charge is -2.34. The number of rotatable bonds is 4. The topological polar surface area (TPSA) is 35.6 Å². The van der Waals surface area contributed by atoms with Crippen molar-refractivity contribution in [2.75, 3.05) is 31.5 Å². The summed E-state index contributed by atoms with van der Waals surface area (Å²) >= 11 is 0. The van der Waals surface area contributed by atoms with Crippen LogP contribution in [0.1, 0.15) is 18.1 Å². The van der Waals surface area contributed by atoms with Crippen LogP contribution in [0.4, 0.5) is 10.5 Å². The lowest BCUT2D eigenvalue weighted by atomic mass is 10.1. The fraction of sp³-hybridized carbons (Fsp3) is 0.350. The van der Waals surface area contributed by atoms with E-state index in [1.807, 2.05) is 35.2 Å². The second kappa shape index (κ2) is 7.97. The molecule has 0 unspecified atom stereocenters. The van der Waals surface area contributed by atoms with Crippen molar-refractivity contribution < 1.29 is 4.79 Å². The van der Waals surface area contributed by atoms with E-state index in [1.165, 1.54) is 11.1 Å². The Morgan fingerprint density at radius 1 is 0.917 bits per heavy atom. The molecule has 126 valence electrons. The Labute approximate surface area is 144 Å². The van der Waals surface area contributed by atoms with Gasteiger partial charge in [0.1, 0.15) is 0 Å². The number of para-hydroxylation sites is 1. The summed E-state index contributed by atoms with van der Waals surface area (Å²) in [5.41, 5.74) is 3.57. The Balaban J connectivity index is 1.47. The molecule has 24 heavy (non-hydrogen) atoms. The molecule has 2 aromatic carbocycles. The van der Waals surface area contributed by atoms with Crippen molar-refractivity contribution in [3.05, 3.63) is 65.7 Å². The summed E-state index contributed by atoms with van der Waals surface area (Å²) in [6.45, 7) is 6.50. The second-order valence-corrected chi connectivity index (χ2v) is 6.23. The molecule has 1 aliphatic heterocycles. The van der Waals surface area contributed by atoms with Gasteiger partial charge in [0.05, 0.1) is 0 Å². The van der Waals surface area contributed by atoms with Crippen molar-refractivity contribution in [3.63, 3.8) is 0 Å². The van der Waals surface area contributed by atoms with Gasteiger partial charge in [0, 0.05) is 38.4 Å². The van der Waals surface area contributed by atoms with E-state index in [0.29, 0.717) is 0 Å². The van der Waals surface area contributed by atoms with Crippen LogP contribution >= 0.6 is 0 Å². The average molecular weight is 323 g/mol. The third-order valence-electron chi connectivity index (χ3n) is 4.52. The molecule has 0 atom stereocenters. The van der Waals surface area contributed by atoms with Crippen LogP contribution in [-0.2, 0) is 13.0 Å². The highest BCUT2D eigenvalue weighted by atomic mass is 16.2. The van der Waals surface area contributed by atoms with Crippen molar-refractivity contribution in [2.45, 2.75) is 19.9 Å². The molecule has 0 aromatic heterocycles. The number of aryl methyl sites for hydroxylation is 1. The third-order valence-corrected chi connectivity index (χ3v) is 4.52. The van der Waals surface area contributed by atoms with Crippen LogP contribution in [0, 0.1) is 0 Å². The maximum Gasteiger partial charge on any atom is 0.321 e. The number of urea groups is 1. The lowest BCUT2D eigenvalue weighted by Crippen LogP contribution is -2.49. The standard InChI is InChI=1S/C20H25N3O/c1-2-17-8-10-18(11-9-17)16-22-12-14-23(15-13-22)20(24)21-19-6-4-3-5-7-19/h3-11H,2,12-16H2,1H3,(H,21,24).